The number of ether oxygens (including phenoxy) is 1. The monoisotopic (exact) mass is 228 g/mol. The number of carbonyl (C=O) groups is 1. The number of aliphatic hydroxyl groups is 1. The molecule has 1 heterocycles. The molecule has 0 unspecified atom stereocenters. The van der Waals surface area contributed by atoms with Gasteiger partial charge in [-0.05, 0) is 18.5 Å². The van der Waals surface area contributed by atoms with E-state index in [4.69, 9.17) is 14.4 Å². The van der Waals surface area contributed by atoms with E-state index in [1.54, 1.807) is 13.0 Å². The topological polar surface area (TPSA) is 84.6 Å². The number of nitrogens with zero attached hydrogens (tertiary/aromatic N) is 1. The number of carbonyl (C=O) groups excluding carboxylic acids is 1. The van der Waals surface area contributed by atoms with E-state index in [9.17, 15) is 4.79 Å². The van der Waals surface area contributed by atoms with E-state index in [2.05, 4.69) is 10.5 Å². The molecular formula is C10H16N2O4. The number of aliphatic hydroxyl groups excluding tert-OH is 1. The van der Waals surface area contributed by atoms with Crippen LogP contribution in [-0.2, 0) is 4.79 Å². The number of hydrogen-bond acceptors (Lipinski definition) is 5. The fraction of sp³-hybridized carbons (Fsp3) is 0.600. The highest BCUT2D eigenvalue weighted by atomic mass is 16.5. The van der Waals surface area contributed by atoms with Gasteiger partial charge in [0, 0.05) is 6.07 Å². The summed E-state index contributed by atoms with van der Waals surface area (Å²) in [5, 5.41) is 15.1. The molecule has 1 rings (SSSR count). The molecule has 0 aliphatic carbocycles. The maximum Gasteiger partial charge on any atom is 0.258 e. The number of rotatable bonds is 6. The van der Waals surface area contributed by atoms with Gasteiger partial charge in [-0.1, -0.05) is 6.92 Å². The molecule has 16 heavy (non-hydrogen) atoms. The lowest BCUT2D eigenvalue weighted by Crippen LogP contribution is -2.39. The van der Waals surface area contributed by atoms with Crippen LogP contribution in [0.3, 0.4) is 0 Å². The lowest BCUT2D eigenvalue weighted by atomic mass is 10.2. The Morgan fingerprint density at radius 1 is 1.75 bits per heavy atom. The van der Waals surface area contributed by atoms with Crippen molar-refractivity contribution < 1.29 is 19.2 Å². The van der Waals surface area contributed by atoms with Crippen molar-refractivity contribution in [2.24, 2.45) is 0 Å². The van der Waals surface area contributed by atoms with Gasteiger partial charge >= 0.3 is 0 Å². The Bertz CT molecular complexity index is 333. The van der Waals surface area contributed by atoms with E-state index in [-0.39, 0.29) is 31.0 Å². The van der Waals surface area contributed by atoms with Crippen LogP contribution in [0.25, 0.3) is 0 Å². The predicted molar refractivity (Wildman–Crippen MR) is 56.0 cm³/mol. The molecule has 0 radical (unpaired) electrons. The molecule has 0 aliphatic heterocycles. The maximum absolute atomic E-state index is 11.3. The highest BCUT2D eigenvalue weighted by molar-refractivity contribution is 5.77. The third kappa shape index (κ3) is 3.90. The summed E-state index contributed by atoms with van der Waals surface area (Å²) in [6.45, 7) is 3.40. The van der Waals surface area contributed by atoms with Gasteiger partial charge in [-0.2, -0.15) is 0 Å². The van der Waals surface area contributed by atoms with Gasteiger partial charge in [-0.25, -0.2) is 0 Å². The summed E-state index contributed by atoms with van der Waals surface area (Å²) in [6.07, 6.45) is 0.672. The van der Waals surface area contributed by atoms with Gasteiger partial charge in [0.2, 0.25) is 0 Å². The van der Waals surface area contributed by atoms with Crippen LogP contribution in [-0.4, -0.2) is 35.4 Å². The molecule has 0 aliphatic rings. The third-order valence-corrected chi connectivity index (χ3v) is 2.04. The highest BCUT2D eigenvalue weighted by Crippen LogP contribution is 2.09. The molecule has 0 aromatic carbocycles. The molecule has 0 spiro atoms. The molecule has 6 heteroatoms. The number of nitrogens with one attached hydrogen (secondary N) is 1. The van der Waals surface area contributed by atoms with E-state index in [0.717, 1.165) is 0 Å². The first-order valence-electron chi connectivity index (χ1n) is 5.12. The molecule has 0 saturated carbocycles. The van der Waals surface area contributed by atoms with Crippen molar-refractivity contribution in [3.8, 4) is 5.88 Å². The molecule has 2 N–H and O–H groups in total. The van der Waals surface area contributed by atoms with Gasteiger partial charge in [-0.15, -0.1) is 0 Å². The molecule has 0 fully saturated rings. The van der Waals surface area contributed by atoms with E-state index in [0.29, 0.717) is 12.2 Å². The third-order valence-electron chi connectivity index (χ3n) is 2.04. The second-order valence-electron chi connectivity index (χ2n) is 3.42. The quantitative estimate of drug-likeness (QED) is 0.729. The summed E-state index contributed by atoms with van der Waals surface area (Å²) in [5.41, 5.74) is 0. The summed E-state index contributed by atoms with van der Waals surface area (Å²) in [7, 11) is 0. The molecule has 1 aromatic rings. The van der Waals surface area contributed by atoms with Crippen molar-refractivity contribution in [1.82, 2.24) is 10.5 Å². The van der Waals surface area contributed by atoms with E-state index in [1.807, 2.05) is 6.92 Å². The molecule has 0 bridgehead atoms. The van der Waals surface area contributed by atoms with Gasteiger partial charge in [-0.3, -0.25) is 4.79 Å². The smallest absolute Gasteiger partial charge is 0.258 e. The lowest BCUT2D eigenvalue weighted by molar-refractivity contribution is -0.124. The minimum Gasteiger partial charge on any atom is -0.465 e. The zero-order chi connectivity index (χ0) is 12.0. The molecule has 1 aromatic heterocycles. The lowest BCUT2D eigenvalue weighted by Gasteiger charge is -2.13. The van der Waals surface area contributed by atoms with Crippen LogP contribution in [0.15, 0.2) is 10.6 Å². The van der Waals surface area contributed by atoms with E-state index < -0.39 is 0 Å². The van der Waals surface area contributed by atoms with Crippen LogP contribution >= 0.6 is 0 Å². The number of amides is 1. The van der Waals surface area contributed by atoms with Gasteiger partial charge in [0.25, 0.3) is 11.8 Å². The van der Waals surface area contributed by atoms with Gasteiger partial charge in [0.15, 0.2) is 6.61 Å². The number of aryl methyl sites for hydroxylation is 1. The fourth-order valence-corrected chi connectivity index (χ4v) is 1.10. The molecule has 6 nitrogen and oxygen atoms in total. The van der Waals surface area contributed by atoms with Crippen molar-refractivity contribution in [3.63, 3.8) is 0 Å². The minimum absolute atomic E-state index is 0.0781. The first kappa shape index (κ1) is 12.5. The van der Waals surface area contributed by atoms with Gasteiger partial charge in [0.1, 0.15) is 5.76 Å². The normalized spacial score (nSPS) is 12.2. The minimum atomic E-state index is -0.290. The summed E-state index contributed by atoms with van der Waals surface area (Å²) < 4.78 is 9.85. The standard InChI is InChI=1S/C10H16N2O4/c1-3-8(5-13)11-9(14)6-15-10-4-7(2)16-12-10/h4,8,13H,3,5-6H2,1-2H3,(H,11,14)/t8-/m1/s1. The van der Waals surface area contributed by atoms with Crippen LogP contribution in [0.5, 0.6) is 5.88 Å². The Kier molecular flexibility index (Phi) is 4.78. The Hall–Kier alpha value is -1.56. The fourth-order valence-electron chi connectivity index (χ4n) is 1.10. The summed E-state index contributed by atoms with van der Waals surface area (Å²) in [6, 6.07) is 1.37. The zero-order valence-electron chi connectivity index (χ0n) is 9.40. The van der Waals surface area contributed by atoms with Crippen LogP contribution in [0.4, 0.5) is 0 Å². The van der Waals surface area contributed by atoms with Gasteiger partial charge < -0.3 is 19.7 Å². The Morgan fingerprint density at radius 3 is 3.00 bits per heavy atom. The summed E-state index contributed by atoms with van der Waals surface area (Å²) in [5.74, 6) is 0.614. The van der Waals surface area contributed by atoms with Crippen LogP contribution < -0.4 is 10.1 Å². The van der Waals surface area contributed by atoms with Crippen molar-refractivity contribution in [3.05, 3.63) is 11.8 Å². The van der Waals surface area contributed by atoms with Crippen LogP contribution in [0.1, 0.15) is 19.1 Å². The number of aromatic nitrogens is 1. The Labute approximate surface area is 93.6 Å². The maximum atomic E-state index is 11.3. The van der Waals surface area contributed by atoms with Crippen LogP contribution in [0, 0.1) is 6.92 Å². The summed E-state index contributed by atoms with van der Waals surface area (Å²) >= 11 is 0. The molecule has 90 valence electrons. The second-order valence-corrected chi connectivity index (χ2v) is 3.42. The first-order valence-corrected chi connectivity index (χ1v) is 5.12. The van der Waals surface area contributed by atoms with Gasteiger partial charge in [0.05, 0.1) is 12.6 Å². The largest absolute Gasteiger partial charge is 0.465 e. The SMILES string of the molecule is CC[C@H](CO)NC(=O)COc1cc(C)on1. The number of hydrogen-bond donors (Lipinski definition) is 2. The highest BCUT2D eigenvalue weighted by Gasteiger charge is 2.10. The Morgan fingerprint density at radius 2 is 2.50 bits per heavy atom. The molecule has 1 amide bonds. The molecule has 0 saturated heterocycles. The summed E-state index contributed by atoms with van der Waals surface area (Å²) in [4.78, 5) is 11.3. The first-order chi connectivity index (χ1) is 7.65. The average Bonchev–Trinajstić information content (AvgIpc) is 2.69. The van der Waals surface area contributed by atoms with Crippen molar-refractivity contribution in [1.29, 1.82) is 0 Å². The average molecular weight is 228 g/mol. The van der Waals surface area contributed by atoms with Crippen molar-refractivity contribution in [2.45, 2.75) is 26.3 Å². The predicted octanol–water partition coefficient (Wildman–Crippen LogP) is 0.249. The zero-order valence-corrected chi connectivity index (χ0v) is 9.40. The van der Waals surface area contributed by atoms with Crippen molar-refractivity contribution in [2.75, 3.05) is 13.2 Å². The van der Waals surface area contributed by atoms with E-state index in [1.165, 1.54) is 0 Å². The van der Waals surface area contributed by atoms with Crippen LogP contribution in [0.2, 0.25) is 0 Å². The van der Waals surface area contributed by atoms with E-state index >= 15 is 0 Å². The molecule has 1 atom stereocenters. The second kappa shape index (κ2) is 6.12. The van der Waals surface area contributed by atoms with Crippen molar-refractivity contribution >= 4 is 5.91 Å². The molecular weight excluding hydrogens is 212 g/mol. The Balaban J connectivity index is 2.30.